The molecule has 0 saturated heterocycles. The second kappa shape index (κ2) is 9.21. The average Bonchev–Trinajstić information content (AvgIpc) is 3.29. The van der Waals surface area contributed by atoms with E-state index in [1.165, 1.54) is 60.3 Å². The van der Waals surface area contributed by atoms with Crippen molar-refractivity contribution in [3.63, 3.8) is 0 Å². The number of nitrogens with one attached hydrogen (secondary N) is 2. The number of nitro groups is 1. The Balaban J connectivity index is 1.65. The first kappa shape index (κ1) is 25.9. The summed E-state index contributed by atoms with van der Waals surface area (Å²) < 4.78 is 54.2. The van der Waals surface area contributed by atoms with Gasteiger partial charge in [-0.3, -0.25) is 23.9 Å². The molecule has 4 aromatic rings. The number of carbonyl (C=O) groups excluding carboxylic acids is 1. The molecule has 1 aliphatic heterocycles. The van der Waals surface area contributed by atoms with Crippen LogP contribution in [0, 0.1) is 10.1 Å². The monoisotopic (exact) mass is 568 g/mol. The van der Waals surface area contributed by atoms with Crippen LogP contribution in [0.2, 0.25) is 0 Å². The van der Waals surface area contributed by atoms with Crippen molar-refractivity contribution in [1.29, 1.82) is 0 Å². The Bertz CT molecular complexity index is 1870. The first-order valence-electron chi connectivity index (χ1n) is 11.2. The predicted molar refractivity (Wildman–Crippen MR) is 144 cm³/mol. The van der Waals surface area contributed by atoms with E-state index in [4.69, 9.17) is 0 Å². The number of benzene rings is 3. The lowest BCUT2D eigenvalue weighted by Crippen LogP contribution is -2.32. The van der Waals surface area contributed by atoms with Crippen LogP contribution in [0.1, 0.15) is 10.5 Å². The fourth-order valence-electron chi connectivity index (χ4n) is 4.21. The van der Waals surface area contributed by atoms with E-state index >= 15 is 0 Å². The lowest BCUT2D eigenvalue weighted by atomic mass is 10.1. The molecule has 1 aliphatic rings. The van der Waals surface area contributed by atoms with Gasteiger partial charge in [0, 0.05) is 36.1 Å². The molecule has 2 heterocycles. The summed E-state index contributed by atoms with van der Waals surface area (Å²) in [4.78, 5) is 24.3. The van der Waals surface area contributed by atoms with E-state index in [1.54, 1.807) is 24.3 Å². The second-order valence-corrected chi connectivity index (χ2v) is 12.3. The smallest absolute Gasteiger partial charge is 0.278 e. The molecule has 0 bridgehead atoms. The molecule has 0 atom stereocenters. The van der Waals surface area contributed by atoms with Gasteiger partial charge in [-0.25, -0.2) is 21.5 Å². The maximum atomic E-state index is 13.5. The zero-order valence-corrected chi connectivity index (χ0v) is 22.0. The Labute approximate surface area is 222 Å². The van der Waals surface area contributed by atoms with Gasteiger partial charge in [-0.2, -0.15) is 5.10 Å². The summed E-state index contributed by atoms with van der Waals surface area (Å²) in [6.45, 7) is 0. The van der Waals surface area contributed by atoms with E-state index in [1.807, 2.05) is 0 Å². The van der Waals surface area contributed by atoms with Crippen LogP contribution >= 0.6 is 0 Å². The highest BCUT2D eigenvalue weighted by Gasteiger charge is 2.40. The van der Waals surface area contributed by atoms with E-state index in [0.717, 1.165) is 10.6 Å². The number of sulfonamides is 2. The Hall–Kier alpha value is -4.76. The molecule has 1 aromatic heterocycles. The highest BCUT2D eigenvalue weighted by atomic mass is 32.2. The van der Waals surface area contributed by atoms with Crippen molar-refractivity contribution < 1.29 is 26.6 Å². The van der Waals surface area contributed by atoms with Crippen LogP contribution in [0.25, 0.3) is 16.9 Å². The minimum atomic E-state index is -4.05. The molecule has 15 heteroatoms. The molecule has 39 heavy (non-hydrogen) atoms. The molecule has 2 N–H and O–H groups in total. The number of amides is 1. The highest BCUT2D eigenvalue weighted by Crippen LogP contribution is 2.45. The van der Waals surface area contributed by atoms with Crippen LogP contribution in [0.5, 0.6) is 0 Å². The van der Waals surface area contributed by atoms with Crippen LogP contribution in [-0.2, 0) is 20.0 Å². The van der Waals surface area contributed by atoms with Crippen LogP contribution in [-0.4, -0.2) is 50.8 Å². The van der Waals surface area contributed by atoms with Gasteiger partial charge >= 0.3 is 0 Å². The minimum absolute atomic E-state index is 0.00642. The quantitative estimate of drug-likeness (QED) is 0.263. The van der Waals surface area contributed by atoms with Gasteiger partial charge in [-0.05, 0) is 36.4 Å². The summed E-state index contributed by atoms with van der Waals surface area (Å²) in [6.07, 6.45) is 1.01. The van der Waals surface area contributed by atoms with Crippen LogP contribution < -0.4 is 14.3 Å². The molecular formula is C24H20N6O7S2. The van der Waals surface area contributed by atoms with Gasteiger partial charge in [-0.15, -0.1) is 0 Å². The van der Waals surface area contributed by atoms with Crippen molar-refractivity contribution in [2.45, 2.75) is 4.90 Å². The lowest BCUT2D eigenvalue weighted by Gasteiger charge is -2.27. The van der Waals surface area contributed by atoms with Gasteiger partial charge < -0.3 is 5.32 Å². The van der Waals surface area contributed by atoms with Gasteiger partial charge in [0.2, 0.25) is 10.0 Å². The summed E-state index contributed by atoms with van der Waals surface area (Å²) >= 11 is 0. The number of hydrogen-bond acceptors (Lipinski definition) is 8. The average molecular weight is 569 g/mol. The number of carbonyl (C=O) groups is 1. The van der Waals surface area contributed by atoms with E-state index in [0.29, 0.717) is 5.69 Å². The molecule has 0 fully saturated rings. The SMILES string of the molecule is CN1c2c(C(=O)Nc3ccc(NS(C)(=O)=O)cc3)nn(-c3cccc([N+](=O)[O-])c3)c2-c2ccccc2S1(=O)=O. The van der Waals surface area contributed by atoms with Crippen molar-refractivity contribution in [3.8, 4) is 16.9 Å². The van der Waals surface area contributed by atoms with Gasteiger partial charge in [0.05, 0.1) is 21.8 Å². The first-order valence-corrected chi connectivity index (χ1v) is 14.6. The normalized spacial score (nSPS) is 13.7. The Morgan fingerprint density at radius 3 is 2.33 bits per heavy atom. The Kier molecular flexibility index (Phi) is 6.11. The fraction of sp³-hybridized carbons (Fsp3) is 0.0833. The van der Waals surface area contributed by atoms with E-state index in [-0.39, 0.29) is 44.6 Å². The molecule has 0 aliphatic carbocycles. The summed E-state index contributed by atoms with van der Waals surface area (Å²) in [5, 5.41) is 18.5. The third-order valence-electron chi connectivity index (χ3n) is 5.90. The molecular weight excluding hydrogens is 548 g/mol. The molecule has 3 aromatic carbocycles. The number of anilines is 3. The maximum Gasteiger partial charge on any atom is 0.278 e. The number of nitrogens with zero attached hydrogens (tertiary/aromatic N) is 4. The summed E-state index contributed by atoms with van der Waals surface area (Å²) in [7, 11) is -6.25. The van der Waals surface area contributed by atoms with Gasteiger partial charge in [0.1, 0.15) is 11.4 Å². The van der Waals surface area contributed by atoms with Crippen molar-refractivity contribution in [1.82, 2.24) is 9.78 Å². The summed E-state index contributed by atoms with van der Waals surface area (Å²) in [6, 6.07) is 17.6. The lowest BCUT2D eigenvalue weighted by molar-refractivity contribution is -0.384. The van der Waals surface area contributed by atoms with Crippen LogP contribution in [0.15, 0.2) is 77.7 Å². The number of hydrogen-bond donors (Lipinski definition) is 2. The molecule has 0 unspecified atom stereocenters. The molecule has 1 amide bonds. The zero-order valence-electron chi connectivity index (χ0n) is 20.4. The fourth-order valence-corrected chi connectivity index (χ4v) is 6.17. The standard InChI is InChI=1S/C24H20N6O7S2/c1-28-23-21(24(31)25-15-10-12-16(13-11-15)27-38(2,34)35)26-29(17-6-5-7-18(14-17)30(32)33)22(23)19-8-3-4-9-20(19)39(28,36)37/h3-14,27H,1-2H3,(H,25,31). The van der Waals surface area contributed by atoms with Gasteiger partial charge in [-0.1, -0.05) is 24.3 Å². The Morgan fingerprint density at radius 1 is 1.00 bits per heavy atom. The summed E-state index contributed by atoms with van der Waals surface area (Å²) in [5.74, 6) is -0.749. The Morgan fingerprint density at radius 2 is 1.67 bits per heavy atom. The predicted octanol–water partition coefficient (Wildman–Crippen LogP) is 3.21. The van der Waals surface area contributed by atoms with Gasteiger partial charge in [0.15, 0.2) is 5.69 Å². The zero-order chi connectivity index (χ0) is 28.1. The number of fused-ring (bicyclic) bond motifs is 3. The van der Waals surface area contributed by atoms with Crippen molar-refractivity contribution >= 4 is 48.7 Å². The highest BCUT2D eigenvalue weighted by molar-refractivity contribution is 7.93. The molecule has 5 rings (SSSR count). The molecule has 0 radical (unpaired) electrons. The van der Waals surface area contributed by atoms with Crippen molar-refractivity contribution in [2.24, 2.45) is 0 Å². The minimum Gasteiger partial charge on any atom is -0.321 e. The molecule has 0 saturated carbocycles. The maximum absolute atomic E-state index is 13.5. The largest absolute Gasteiger partial charge is 0.321 e. The number of rotatable bonds is 6. The van der Waals surface area contributed by atoms with Crippen LogP contribution in [0.4, 0.5) is 22.7 Å². The number of non-ortho nitro benzene ring substituents is 1. The molecule has 200 valence electrons. The molecule has 0 spiro atoms. The van der Waals surface area contributed by atoms with E-state index in [2.05, 4.69) is 15.1 Å². The number of nitro benzene ring substituents is 1. The van der Waals surface area contributed by atoms with Crippen molar-refractivity contribution in [3.05, 3.63) is 88.6 Å². The van der Waals surface area contributed by atoms with Gasteiger partial charge in [0.25, 0.3) is 21.6 Å². The van der Waals surface area contributed by atoms with E-state index < -0.39 is 30.9 Å². The second-order valence-electron chi connectivity index (χ2n) is 8.61. The third kappa shape index (κ3) is 4.68. The third-order valence-corrected chi connectivity index (χ3v) is 8.32. The van der Waals surface area contributed by atoms with Crippen molar-refractivity contribution in [2.75, 3.05) is 27.6 Å². The molecule has 13 nitrogen and oxygen atoms in total. The topological polar surface area (TPSA) is 174 Å². The van der Waals surface area contributed by atoms with E-state index in [9.17, 15) is 31.7 Å². The first-order chi connectivity index (χ1) is 18.4. The summed E-state index contributed by atoms with van der Waals surface area (Å²) in [5.41, 5.74) is 0.906. The number of aromatic nitrogens is 2. The van der Waals surface area contributed by atoms with Crippen LogP contribution in [0.3, 0.4) is 0 Å².